The summed E-state index contributed by atoms with van der Waals surface area (Å²) >= 11 is 3.38. The van der Waals surface area contributed by atoms with Gasteiger partial charge in [-0.1, -0.05) is 34.1 Å². The van der Waals surface area contributed by atoms with Gasteiger partial charge >= 0.3 is 0 Å². The van der Waals surface area contributed by atoms with E-state index in [1.54, 1.807) is 43.5 Å². The van der Waals surface area contributed by atoms with Crippen LogP contribution in [0.5, 0.6) is 5.75 Å². The normalized spacial score (nSPS) is 12.2. The molecule has 0 aromatic heterocycles. The van der Waals surface area contributed by atoms with Gasteiger partial charge in [0.1, 0.15) is 11.6 Å². The molecule has 2 aromatic rings. The molecule has 1 N–H and O–H groups in total. The van der Waals surface area contributed by atoms with Gasteiger partial charge in [-0.25, -0.2) is 4.39 Å². The van der Waals surface area contributed by atoms with Crippen LogP contribution in [0.3, 0.4) is 0 Å². The van der Waals surface area contributed by atoms with Crippen LogP contribution in [-0.4, -0.2) is 12.2 Å². The fourth-order valence-electron chi connectivity index (χ4n) is 1.89. The minimum Gasteiger partial charge on any atom is -0.497 e. The van der Waals surface area contributed by atoms with Crippen molar-refractivity contribution in [3.63, 3.8) is 0 Å². The molecule has 1 atom stereocenters. The molecule has 100 valence electrons. The Morgan fingerprint density at radius 2 is 2.00 bits per heavy atom. The van der Waals surface area contributed by atoms with Crippen LogP contribution in [0.2, 0.25) is 0 Å². The Morgan fingerprint density at radius 1 is 1.26 bits per heavy atom. The SMILES string of the molecule is COc1ccc(Br)c(C(O)Cc2ccccc2F)c1. The van der Waals surface area contributed by atoms with Crippen molar-refractivity contribution in [2.24, 2.45) is 0 Å². The molecule has 2 rings (SSSR count). The summed E-state index contributed by atoms with van der Waals surface area (Å²) in [5.41, 5.74) is 1.17. The molecule has 0 saturated heterocycles. The van der Waals surface area contributed by atoms with E-state index in [1.165, 1.54) is 6.07 Å². The molecular formula is C15H14BrFO2. The second kappa shape index (κ2) is 6.17. The lowest BCUT2D eigenvalue weighted by molar-refractivity contribution is 0.176. The van der Waals surface area contributed by atoms with Crippen LogP contribution < -0.4 is 4.74 Å². The maximum absolute atomic E-state index is 13.6. The fraction of sp³-hybridized carbons (Fsp3) is 0.200. The van der Waals surface area contributed by atoms with Crippen molar-refractivity contribution in [1.29, 1.82) is 0 Å². The first-order valence-corrected chi connectivity index (χ1v) is 6.66. The van der Waals surface area contributed by atoms with Crippen molar-refractivity contribution in [2.75, 3.05) is 7.11 Å². The van der Waals surface area contributed by atoms with Gasteiger partial charge < -0.3 is 9.84 Å². The van der Waals surface area contributed by atoms with E-state index >= 15 is 0 Å². The highest BCUT2D eigenvalue weighted by Crippen LogP contribution is 2.30. The van der Waals surface area contributed by atoms with Gasteiger partial charge in [-0.15, -0.1) is 0 Å². The lowest BCUT2D eigenvalue weighted by atomic mass is 10.0. The quantitative estimate of drug-likeness (QED) is 0.925. The van der Waals surface area contributed by atoms with Crippen molar-refractivity contribution in [1.82, 2.24) is 0 Å². The van der Waals surface area contributed by atoms with Crippen LogP contribution in [0, 0.1) is 5.82 Å². The van der Waals surface area contributed by atoms with Gasteiger partial charge in [-0.05, 0) is 35.4 Å². The molecule has 19 heavy (non-hydrogen) atoms. The number of aliphatic hydroxyl groups excluding tert-OH is 1. The van der Waals surface area contributed by atoms with E-state index in [0.717, 1.165) is 4.47 Å². The van der Waals surface area contributed by atoms with Gasteiger partial charge in [0.15, 0.2) is 0 Å². The van der Waals surface area contributed by atoms with E-state index in [1.807, 2.05) is 0 Å². The van der Waals surface area contributed by atoms with Crippen molar-refractivity contribution in [3.8, 4) is 5.75 Å². The van der Waals surface area contributed by atoms with Crippen molar-refractivity contribution in [3.05, 3.63) is 63.9 Å². The first kappa shape index (κ1) is 14.0. The fourth-order valence-corrected chi connectivity index (χ4v) is 2.40. The van der Waals surface area contributed by atoms with E-state index in [-0.39, 0.29) is 12.2 Å². The monoisotopic (exact) mass is 324 g/mol. The molecule has 2 nitrogen and oxygen atoms in total. The largest absolute Gasteiger partial charge is 0.497 e. The van der Waals surface area contributed by atoms with Crippen LogP contribution in [0.15, 0.2) is 46.9 Å². The van der Waals surface area contributed by atoms with Crippen LogP contribution in [0.25, 0.3) is 0 Å². The number of ether oxygens (including phenoxy) is 1. The average molecular weight is 325 g/mol. The molecule has 0 aliphatic heterocycles. The van der Waals surface area contributed by atoms with Crippen molar-refractivity contribution in [2.45, 2.75) is 12.5 Å². The highest BCUT2D eigenvalue weighted by molar-refractivity contribution is 9.10. The van der Waals surface area contributed by atoms with Gasteiger partial charge in [0, 0.05) is 10.9 Å². The summed E-state index contributed by atoms with van der Waals surface area (Å²) in [7, 11) is 1.57. The lowest BCUT2D eigenvalue weighted by Gasteiger charge is -2.14. The van der Waals surface area contributed by atoms with Crippen LogP contribution in [0.1, 0.15) is 17.2 Å². The van der Waals surface area contributed by atoms with E-state index in [2.05, 4.69) is 15.9 Å². The lowest BCUT2D eigenvalue weighted by Crippen LogP contribution is -2.04. The molecule has 0 aliphatic carbocycles. The number of rotatable bonds is 4. The molecule has 0 saturated carbocycles. The predicted molar refractivity (Wildman–Crippen MR) is 75.8 cm³/mol. The minimum atomic E-state index is -0.790. The molecule has 0 spiro atoms. The summed E-state index contributed by atoms with van der Waals surface area (Å²) in [5.74, 6) is 0.353. The smallest absolute Gasteiger partial charge is 0.126 e. The second-order valence-electron chi connectivity index (χ2n) is 4.20. The molecule has 0 radical (unpaired) electrons. The molecule has 4 heteroatoms. The maximum Gasteiger partial charge on any atom is 0.126 e. The number of halogens is 2. The summed E-state index contributed by atoms with van der Waals surface area (Å²) in [4.78, 5) is 0. The van der Waals surface area contributed by atoms with Crippen LogP contribution >= 0.6 is 15.9 Å². The van der Waals surface area contributed by atoms with E-state index in [4.69, 9.17) is 4.74 Å². The molecule has 1 unspecified atom stereocenters. The van der Waals surface area contributed by atoms with Gasteiger partial charge in [0.25, 0.3) is 0 Å². The standard InChI is InChI=1S/C15H14BrFO2/c1-19-11-6-7-13(16)12(9-11)15(18)8-10-4-2-3-5-14(10)17/h2-7,9,15,18H,8H2,1H3. The molecule has 0 amide bonds. The highest BCUT2D eigenvalue weighted by Gasteiger charge is 2.15. The number of aliphatic hydroxyl groups is 1. The Hall–Kier alpha value is -1.39. The van der Waals surface area contributed by atoms with Gasteiger partial charge in [-0.3, -0.25) is 0 Å². The molecule has 0 aliphatic rings. The zero-order valence-corrected chi connectivity index (χ0v) is 12.0. The Bertz CT molecular complexity index is 572. The first-order valence-electron chi connectivity index (χ1n) is 5.86. The maximum atomic E-state index is 13.6. The third kappa shape index (κ3) is 3.33. The molecule has 0 fully saturated rings. The third-order valence-electron chi connectivity index (χ3n) is 2.93. The Kier molecular flexibility index (Phi) is 4.56. The zero-order chi connectivity index (χ0) is 13.8. The van der Waals surface area contributed by atoms with Crippen LogP contribution in [-0.2, 0) is 6.42 Å². The zero-order valence-electron chi connectivity index (χ0n) is 10.4. The van der Waals surface area contributed by atoms with Gasteiger partial charge in [0.2, 0.25) is 0 Å². The Morgan fingerprint density at radius 3 is 2.68 bits per heavy atom. The Labute approximate surface area is 120 Å². The molecule has 2 aromatic carbocycles. The number of benzene rings is 2. The second-order valence-corrected chi connectivity index (χ2v) is 5.05. The first-order chi connectivity index (χ1) is 9.11. The topological polar surface area (TPSA) is 29.5 Å². The van der Waals surface area contributed by atoms with Gasteiger partial charge in [0.05, 0.1) is 13.2 Å². The van der Waals surface area contributed by atoms with Crippen molar-refractivity contribution >= 4 is 15.9 Å². The summed E-state index contributed by atoms with van der Waals surface area (Å²) < 4.78 is 19.5. The van der Waals surface area contributed by atoms with Crippen molar-refractivity contribution < 1.29 is 14.2 Å². The van der Waals surface area contributed by atoms with E-state index in [9.17, 15) is 9.50 Å². The summed E-state index contributed by atoms with van der Waals surface area (Å²) in [6.07, 6.45) is -0.570. The molecule has 0 bridgehead atoms. The minimum absolute atomic E-state index is 0.221. The average Bonchev–Trinajstić information content (AvgIpc) is 2.42. The van der Waals surface area contributed by atoms with Crippen LogP contribution in [0.4, 0.5) is 4.39 Å². The number of hydrogen-bond donors (Lipinski definition) is 1. The predicted octanol–water partition coefficient (Wildman–Crippen LogP) is 3.87. The highest BCUT2D eigenvalue weighted by atomic mass is 79.9. The molecular weight excluding hydrogens is 311 g/mol. The summed E-state index contributed by atoms with van der Waals surface area (Å²) in [5, 5.41) is 10.2. The van der Waals surface area contributed by atoms with Gasteiger partial charge in [-0.2, -0.15) is 0 Å². The summed E-state index contributed by atoms with van der Waals surface area (Å²) in [6.45, 7) is 0. The third-order valence-corrected chi connectivity index (χ3v) is 3.66. The number of hydrogen-bond acceptors (Lipinski definition) is 2. The molecule has 0 heterocycles. The van der Waals surface area contributed by atoms with E-state index in [0.29, 0.717) is 16.9 Å². The summed E-state index contributed by atoms with van der Waals surface area (Å²) in [6, 6.07) is 11.8. The van der Waals surface area contributed by atoms with E-state index < -0.39 is 6.10 Å². The number of methoxy groups -OCH3 is 1. The Balaban J connectivity index is 2.25.